The first-order valence-electron chi connectivity index (χ1n) is 10.9. The van der Waals surface area contributed by atoms with Gasteiger partial charge in [0.2, 0.25) is 0 Å². The van der Waals surface area contributed by atoms with E-state index in [-0.39, 0.29) is 29.2 Å². The van der Waals surface area contributed by atoms with Gasteiger partial charge in [-0.3, -0.25) is 4.79 Å². The van der Waals surface area contributed by atoms with Crippen molar-refractivity contribution in [3.8, 4) is 17.2 Å². The van der Waals surface area contributed by atoms with Crippen LogP contribution in [0.3, 0.4) is 0 Å². The summed E-state index contributed by atoms with van der Waals surface area (Å²) in [5.41, 5.74) is 2.75. The molecule has 1 spiro atoms. The molecule has 2 aromatic carbocycles. The van der Waals surface area contributed by atoms with Crippen molar-refractivity contribution in [1.29, 1.82) is 0 Å². The average molecular weight is 418 g/mol. The number of nitrogens with zero attached hydrogens (tertiary/aromatic N) is 1. The number of benzene rings is 2. The molecule has 6 nitrogen and oxygen atoms in total. The van der Waals surface area contributed by atoms with Gasteiger partial charge < -0.3 is 24.8 Å². The number of likely N-dealkylation sites (N-methyl/N-ethyl adjacent to an activating group) is 1. The van der Waals surface area contributed by atoms with Crippen LogP contribution in [0.1, 0.15) is 27.9 Å². The number of carbonyl (C=O) groups excluding carboxylic acids is 1. The van der Waals surface area contributed by atoms with Crippen LogP contribution in [-0.4, -0.2) is 54.8 Å². The van der Waals surface area contributed by atoms with Crippen LogP contribution in [0.15, 0.2) is 48.6 Å². The first-order chi connectivity index (χ1) is 15.0. The normalized spacial score (nSPS) is 32.2. The van der Waals surface area contributed by atoms with Crippen molar-refractivity contribution in [2.75, 3.05) is 20.7 Å². The molecule has 6 heteroatoms. The molecule has 1 unspecified atom stereocenters. The molecule has 1 saturated heterocycles. The monoisotopic (exact) mass is 418 g/mol. The van der Waals surface area contributed by atoms with Gasteiger partial charge in [0.05, 0.1) is 13.2 Å². The fourth-order valence-electron chi connectivity index (χ4n) is 6.39. The van der Waals surface area contributed by atoms with Gasteiger partial charge in [-0.2, -0.15) is 0 Å². The summed E-state index contributed by atoms with van der Waals surface area (Å²) >= 11 is 0. The van der Waals surface area contributed by atoms with Crippen LogP contribution >= 0.6 is 0 Å². The van der Waals surface area contributed by atoms with Gasteiger partial charge in [0.25, 0.3) is 5.91 Å². The molecule has 0 radical (unpaired) electrons. The highest BCUT2D eigenvalue weighted by Crippen LogP contribution is 2.62. The number of rotatable bonds is 3. The summed E-state index contributed by atoms with van der Waals surface area (Å²) in [6, 6.07) is 11.1. The van der Waals surface area contributed by atoms with E-state index >= 15 is 0 Å². The van der Waals surface area contributed by atoms with Crippen LogP contribution in [0.2, 0.25) is 0 Å². The molecular formula is C25H26N2O4. The summed E-state index contributed by atoms with van der Waals surface area (Å²) in [5.74, 6) is 1.59. The lowest BCUT2D eigenvalue weighted by Gasteiger charge is -2.57. The third kappa shape index (κ3) is 2.45. The molecule has 6 rings (SSSR count). The Balaban J connectivity index is 1.41. The van der Waals surface area contributed by atoms with E-state index in [1.54, 1.807) is 25.3 Å². The summed E-state index contributed by atoms with van der Waals surface area (Å²) in [6.07, 6.45) is 6.02. The lowest BCUT2D eigenvalue weighted by Crippen LogP contribution is -2.66. The Bertz CT molecular complexity index is 1110. The number of piperidine rings is 1. The Kier molecular flexibility index (Phi) is 3.93. The van der Waals surface area contributed by atoms with E-state index < -0.39 is 0 Å². The number of methoxy groups -OCH3 is 1. The Labute approximate surface area is 181 Å². The molecule has 2 aliphatic heterocycles. The van der Waals surface area contributed by atoms with Crippen LogP contribution < -0.4 is 14.8 Å². The number of carbonyl (C=O) groups is 1. The summed E-state index contributed by atoms with van der Waals surface area (Å²) in [7, 11) is 3.78. The highest BCUT2D eigenvalue weighted by molar-refractivity contribution is 5.95. The van der Waals surface area contributed by atoms with Gasteiger partial charge in [0.15, 0.2) is 11.5 Å². The fourth-order valence-corrected chi connectivity index (χ4v) is 6.39. The molecule has 160 valence electrons. The molecule has 2 aliphatic carbocycles. The van der Waals surface area contributed by atoms with Crippen LogP contribution in [0.25, 0.3) is 0 Å². The van der Waals surface area contributed by atoms with Crippen LogP contribution in [-0.2, 0) is 11.8 Å². The molecule has 2 heterocycles. The average Bonchev–Trinajstić information content (AvgIpc) is 3.14. The van der Waals surface area contributed by atoms with Crippen molar-refractivity contribution >= 4 is 5.91 Å². The lowest BCUT2D eigenvalue weighted by molar-refractivity contribution is -0.00855. The molecule has 2 bridgehead atoms. The highest BCUT2D eigenvalue weighted by Gasteiger charge is 2.64. The van der Waals surface area contributed by atoms with Gasteiger partial charge in [-0.25, -0.2) is 0 Å². The number of ether oxygens (including phenoxy) is 2. The van der Waals surface area contributed by atoms with E-state index in [2.05, 4.69) is 29.4 Å². The number of hydrogen-bond donors (Lipinski definition) is 2. The molecular weight excluding hydrogens is 392 g/mol. The zero-order valence-electron chi connectivity index (χ0n) is 17.7. The van der Waals surface area contributed by atoms with Gasteiger partial charge in [-0.05, 0) is 56.3 Å². The predicted molar refractivity (Wildman–Crippen MR) is 116 cm³/mol. The fraction of sp³-hybridized carbons (Fsp3) is 0.400. The first-order valence-corrected chi connectivity index (χ1v) is 10.9. The second-order valence-corrected chi connectivity index (χ2v) is 9.17. The lowest BCUT2D eigenvalue weighted by atomic mass is 9.53. The smallest absolute Gasteiger partial charge is 0.252 e. The summed E-state index contributed by atoms with van der Waals surface area (Å²) in [6.45, 7) is 0.972. The number of phenols is 1. The predicted octanol–water partition coefficient (Wildman–Crippen LogP) is 2.64. The van der Waals surface area contributed by atoms with Crippen LogP contribution in [0.4, 0.5) is 0 Å². The first kappa shape index (κ1) is 18.8. The van der Waals surface area contributed by atoms with E-state index in [9.17, 15) is 9.90 Å². The van der Waals surface area contributed by atoms with Crippen molar-refractivity contribution < 1.29 is 19.4 Å². The van der Waals surface area contributed by atoms with Crippen molar-refractivity contribution in [3.05, 3.63) is 65.2 Å². The number of hydrogen-bond acceptors (Lipinski definition) is 5. The van der Waals surface area contributed by atoms with E-state index in [0.717, 1.165) is 24.9 Å². The largest absolute Gasteiger partial charge is 0.504 e. The topological polar surface area (TPSA) is 71.0 Å². The minimum atomic E-state index is -0.281. The number of nitrogens with one attached hydrogen (secondary N) is 1. The number of amides is 1. The minimum Gasteiger partial charge on any atom is -0.504 e. The third-order valence-corrected chi connectivity index (χ3v) is 7.81. The minimum absolute atomic E-state index is 0.160. The second kappa shape index (κ2) is 6.50. The van der Waals surface area contributed by atoms with Crippen LogP contribution in [0.5, 0.6) is 17.2 Å². The highest BCUT2D eigenvalue weighted by atomic mass is 16.5. The zero-order chi connectivity index (χ0) is 21.3. The van der Waals surface area contributed by atoms with E-state index in [0.29, 0.717) is 29.0 Å². The molecule has 2 N–H and O–H groups in total. The van der Waals surface area contributed by atoms with Gasteiger partial charge in [-0.15, -0.1) is 0 Å². The van der Waals surface area contributed by atoms with Crippen molar-refractivity contribution in [2.24, 2.45) is 5.92 Å². The maximum atomic E-state index is 13.1. The van der Waals surface area contributed by atoms with Gasteiger partial charge in [0.1, 0.15) is 11.9 Å². The molecule has 31 heavy (non-hydrogen) atoms. The van der Waals surface area contributed by atoms with E-state index in [4.69, 9.17) is 9.47 Å². The Morgan fingerprint density at radius 2 is 2.16 bits per heavy atom. The maximum absolute atomic E-state index is 13.1. The van der Waals surface area contributed by atoms with E-state index in [1.165, 1.54) is 5.56 Å². The van der Waals surface area contributed by atoms with Gasteiger partial charge in [0, 0.05) is 28.5 Å². The Hall–Kier alpha value is -2.99. The van der Waals surface area contributed by atoms with Crippen LogP contribution in [0, 0.1) is 5.92 Å². The van der Waals surface area contributed by atoms with Gasteiger partial charge >= 0.3 is 0 Å². The van der Waals surface area contributed by atoms with Crippen molar-refractivity contribution in [3.63, 3.8) is 0 Å². The standard InChI is InChI=1S/C25H26N2O4/c1-27-11-10-25-17-7-8-18(26-24(29)15-4-3-5-16(12-15)30-2)23(25)31-22-20(28)9-6-14(21(22)25)13-19(17)27/h3-9,12,17-19,23,28H,10-11,13H2,1-2H3,(H,26,29)/t17?,18-,19-,23+,25+/m1/s1. The zero-order valence-corrected chi connectivity index (χ0v) is 17.7. The van der Waals surface area contributed by atoms with Gasteiger partial charge in [-0.1, -0.05) is 24.3 Å². The molecule has 5 atom stereocenters. The second-order valence-electron chi connectivity index (χ2n) is 9.17. The molecule has 0 aromatic heterocycles. The van der Waals surface area contributed by atoms with E-state index in [1.807, 2.05) is 18.2 Å². The Morgan fingerprint density at radius 3 is 3.00 bits per heavy atom. The molecule has 0 saturated carbocycles. The SMILES string of the molecule is COc1cccc(C(=O)N[C@@H]2C=CC3[C@H]4Cc5ccc(O)c6c5[C@@]3(CCN4C)[C@H]2O6)c1. The quantitative estimate of drug-likeness (QED) is 0.750. The summed E-state index contributed by atoms with van der Waals surface area (Å²) < 4.78 is 11.7. The maximum Gasteiger partial charge on any atom is 0.252 e. The molecule has 1 fully saturated rings. The number of aromatic hydroxyl groups is 1. The number of likely N-dealkylation sites (tertiary alicyclic amines) is 1. The molecule has 1 amide bonds. The van der Waals surface area contributed by atoms with Crippen molar-refractivity contribution in [1.82, 2.24) is 10.2 Å². The Morgan fingerprint density at radius 1 is 1.29 bits per heavy atom. The number of phenolic OH excluding ortho intramolecular Hbond substituents is 1. The summed E-state index contributed by atoms with van der Waals surface area (Å²) in [5, 5.41) is 13.8. The third-order valence-electron chi connectivity index (χ3n) is 7.81. The molecule has 4 aliphatic rings. The molecule has 2 aromatic rings. The van der Waals surface area contributed by atoms with Crippen molar-refractivity contribution in [2.45, 2.75) is 36.4 Å². The summed E-state index contributed by atoms with van der Waals surface area (Å²) in [4.78, 5) is 15.5.